The third-order valence-electron chi connectivity index (χ3n) is 3.23. The lowest BCUT2D eigenvalue weighted by Gasteiger charge is -2.09. The van der Waals surface area contributed by atoms with Crippen LogP contribution in [0.2, 0.25) is 15.1 Å². The van der Waals surface area contributed by atoms with Gasteiger partial charge in [-0.2, -0.15) is 0 Å². The van der Waals surface area contributed by atoms with Gasteiger partial charge in [0.25, 0.3) is 0 Å². The number of nitrogens with zero attached hydrogens (tertiary/aromatic N) is 5. The first-order valence-corrected chi connectivity index (χ1v) is 9.30. The Labute approximate surface area is 168 Å². The number of rotatable bonds is 5. The number of anilines is 1. The molecule has 0 radical (unpaired) electrons. The first-order chi connectivity index (χ1) is 12.5. The smallest absolute Gasteiger partial charge is 0.234 e. The summed E-state index contributed by atoms with van der Waals surface area (Å²) in [6.45, 7) is 0. The minimum Gasteiger partial charge on any atom is -0.323 e. The summed E-state index contributed by atoms with van der Waals surface area (Å²) in [6, 6.07) is 3.02. The van der Waals surface area contributed by atoms with Gasteiger partial charge in [-0.25, -0.2) is 4.98 Å². The van der Waals surface area contributed by atoms with Crippen LogP contribution in [0.25, 0.3) is 11.5 Å². The highest BCUT2D eigenvalue weighted by Crippen LogP contribution is 2.33. The molecule has 0 atom stereocenters. The van der Waals surface area contributed by atoms with Crippen molar-refractivity contribution in [2.24, 2.45) is 7.05 Å². The van der Waals surface area contributed by atoms with Crippen molar-refractivity contribution < 1.29 is 4.79 Å². The van der Waals surface area contributed by atoms with Crippen LogP contribution in [0, 0.1) is 0 Å². The van der Waals surface area contributed by atoms with Crippen LogP contribution in [0.4, 0.5) is 5.69 Å². The molecule has 134 valence electrons. The molecule has 0 spiro atoms. The molecule has 1 aromatic carbocycles. The maximum Gasteiger partial charge on any atom is 0.234 e. The van der Waals surface area contributed by atoms with E-state index < -0.39 is 0 Å². The number of halogens is 3. The molecule has 0 unspecified atom stereocenters. The molecule has 3 rings (SSSR count). The molecule has 1 amide bonds. The second kappa shape index (κ2) is 8.22. The summed E-state index contributed by atoms with van der Waals surface area (Å²) in [5.74, 6) is 0.372. The summed E-state index contributed by atoms with van der Waals surface area (Å²) < 4.78 is 1.74. The minimum atomic E-state index is -0.287. The largest absolute Gasteiger partial charge is 0.323 e. The highest BCUT2D eigenvalue weighted by atomic mass is 35.5. The maximum absolute atomic E-state index is 12.2. The van der Waals surface area contributed by atoms with Gasteiger partial charge in [0.2, 0.25) is 5.91 Å². The topological polar surface area (TPSA) is 85.6 Å². The normalized spacial score (nSPS) is 10.8. The number of nitrogens with one attached hydrogen (secondary N) is 1. The van der Waals surface area contributed by atoms with Gasteiger partial charge in [-0.15, -0.1) is 10.2 Å². The van der Waals surface area contributed by atoms with Crippen molar-refractivity contribution in [2.75, 3.05) is 11.1 Å². The molecule has 1 N–H and O–H groups in total. The second-order valence-electron chi connectivity index (χ2n) is 5.04. The highest BCUT2D eigenvalue weighted by molar-refractivity contribution is 7.99. The molecule has 3 aromatic rings. The summed E-state index contributed by atoms with van der Waals surface area (Å²) in [7, 11) is 1.79. The molecule has 11 heteroatoms. The number of carbonyl (C=O) groups is 1. The molecule has 2 aromatic heterocycles. The predicted molar refractivity (Wildman–Crippen MR) is 103 cm³/mol. The van der Waals surface area contributed by atoms with Crippen LogP contribution >= 0.6 is 46.6 Å². The average molecular weight is 430 g/mol. The summed E-state index contributed by atoms with van der Waals surface area (Å²) in [5.41, 5.74) is 0.917. The van der Waals surface area contributed by atoms with Gasteiger partial charge in [-0.05, 0) is 12.1 Å². The van der Waals surface area contributed by atoms with E-state index >= 15 is 0 Å². The van der Waals surface area contributed by atoms with Gasteiger partial charge in [0, 0.05) is 24.5 Å². The Hall–Kier alpha value is -1.87. The second-order valence-corrected chi connectivity index (χ2v) is 7.23. The SMILES string of the molecule is Cn1c(SCC(=O)Nc2c(Cl)cc(Cl)cc2Cl)nnc1-c1cnccn1. The zero-order chi connectivity index (χ0) is 18.7. The van der Waals surface area contributed by atoms with Crippen molar-refractivity contribution in [3.63, 3.8) is 0 Å². The molecular weight excluding hydrogens is 419 g/mol. The Balaban J connectivity index is 1.67. The Morgan fingerprint density at radius 3 is 2.58 bits per heavy atom. The Bertz CT molecular complexity index is 927. The predicted octanol–water partition coefficient (Wildman–Crippen LogP) is 3.96. The lowest BCUT2D eigenvalue weighted by atomic mass is 10.3. The molecule has 26 heavy (non-hydrogen) atoms. The molecule has 0 saturated carbocycles. The summed E-state index contributed by atoms with van der Waals surface area (Å²) in [4.78, 5) is 20.4. The molecule has 0 bridgehead atoms. The number of amides is 1. The molecule has 0 fully saturated rings. The standard InChI is InChI=1S/C15H11Cl3N6OS/c1-24-14(11-6-19-2-3-20-11)22-23-15(24)26-7-12(25)21-13-9(17)4-8(16)5-10(13)18/h2-6H,7H2,1H3,(H,21,25). The Morgan fingerprint density at radius 2 is 1.92 bits per heavy atom. The fourth-order valence-electron chi connectivity index (χ4n) is 2.05. The molecular formula is C15H11Cl3N6OS. The van der Waals surface area contributed by atoms with E-state index in [2.05, 4.69) is 25.5 Å². The monoisotopic (exact) mass is 428 g/mol. The van der Waals surface area contributed by atoms with E-state index in [0.29, 0.717) is 27.4 Å². The van der Waals surface area contributed by atoms with E-state index in [1.807, 2.05) is 0 Å². The van der Waals surface area contributed by atoms with Crippen LogP contribution in [-0.4, -0.2) is 36.4 Å². The lowest BCUT2D eigenvalue weighted by molar-refractivity contribution is -0.113. The first kappa shape index (κ1) is 18.9. The fraction of sp³-hybridized carbons (Fsp3) is 0.133. The highest BCUT2D eigenvalue weighted by Gasteiger charge is 2.15. The zero-order valence-corrected chi connectivity index (χ0v) is 16.4. The van der Waals surface area contributed by atoms with Crippen molar-refractivity contribution >= 4 is 58.2 Å². The number of benzene rings is 1. The number of carbonyl (C=O) groups excluding carboxylic acids is 1. The van der Waals surface area contributed by atoms with Gasteiger partial charge in [-0.3, -0.25) is 9.78 Å². The minimum absolute atomic E-state index is 0.0989. The number of thioether (sulfide) groups is 1. The van der Waals surface area contributed by atoms with Crippen LogP contribution in [-0.2, 0) is 11.8 Å². The lowest BCUT2D eigenvalue weighted by Crippen LogP contribution is -2.15. The Morgan fingerprint density at radius 1 is 1.19 bits per heavy atom. The van der Waals surface area contributed by atoms with E-state index in [-0.39, 0.29) is 21.7 Å². The van der Waals surface area contributed by atoms with Gasteiger partial charge in [-0.1, -0.05) is 46.6 Å². The van der Waals surface area contributed by atoms with Gasteiger partial charge < -0.3 is 9.88 Å². The number of aromatic nitrogens is 5. The average Bonchev–Trinajstić information content (AvgIpc) is 2.98. The zero-order valence-electron chi connectivity index (χ0n) is 13.3. The van der Waals surface area contributed by atoms with Crippen molar-refractivity contribution in [3.05, 3.63) is 45.8 Å². The molecule has 0 aliphatic rings. The van der Waals surface area contributed by atoms with Crippen molar-refractivity contribution in [1.82, 2.24) is 24.7 Å². The molecule has 0 aliphatic heterocycles. The van der Waals surface area contributed by atoms with Crippen LogP contribution in [0.3, 0.4) is 0 Å². The number of hydrogen-bond acceptors (Lipinski definition) is 6. The van der Waals surface area contributed by atoms with Crippen LogP contribution < -0.4 is 5.32 Å². The van der Waals surface area contributed by atoms with E-state index in [4.69, 9.17) is 34.8 Å². The fourth-order valence-corrected chi connectivity index (χ4v) is 3.67. The van der Waals surface area contributed by atoms with E-state index in [1.165, 1.54) is 23.9 Å². The van der Waals surface area contributed by atoms with E-state index in [9.17, 15) is 4.79 Å². The third kappa shape index (κ3) is 4.27. The van der Waals surface area contributed by atoms with Gasteiger partial charge in [0.1, 0.15) is 5.69 Å². The van der Waals surface area contributed by atoms with Crippen LogP contribution in [0.5, 0.6) is 0 Å². The molecule has 7 nitrogen and oxygen atoms in total. The third-order valence-corrected chi connectivity index (χ3v) is 5.07. The van der Waals surface area contributed by atoms with Crippen molar-refractivity contribution in [3.8, 4) is 11.5 Å². The van der Waals surface area contributed by atoms with Crippen molar-refractivity contribution in [1.29, 1.82) is 0 Å². The van der Waals surface area contributed by atoms with Crippen molar-refractivity contribution in [2.45, 2.75) is 5.16 Å². The molecule has 2 heterocycles. The first-order valence-electron chi connectivity index (χ1n) is 7.18. The maximum atomic E-state index is 12.2. The van der Waals surface area contributed by atoms with Gasteiger partial charge in [0.15, 0.2) is 11.0 Å². The number of hydrogen-bond donors (Lipinski definition) is 1. The molecule has 0 saturated heterocycles. The van der Waals surface area contributed by atoms with Crippen LogP contribution in [0.1, 0.15) is 0 Å². The summed E-state index contributed by atoms with van der Waals surface area (Å²) in [6.07, 6.45) is 4.74. The van der Waals surface area contributed by atoms with Gasteiger partial charge in [0.05, 0.1) is 27.7 Å². The van der Waals surface area contributed by atoms with E-state index in [1.54, 1.807) is 30.2 Å². The quantitative estimate of drug-likeness (QED) is 0.618. The molecule has 0 aliphatic carbocycles. The van der Waals surface area contributed by atoms with Gasteiger partial charge >= 0.3 is 0 Å². The summed E-state index contributed by atoms with van der Waals surface area (Å²) in [5, 5.41) is 12.3. The van der Waals surface area contributed by atoms with Crippen LogP contribution in [0.15, 0.2) is 35.9 Å². The van der Waals surface area contributed by atoms with E-state index in [0.717, 1.165) is 0 Å². The summed E-state index contributed by atoms with van der Waals surface area (Å²) >= 11 is 19.2. The Kier molecular flexibility index (Phi) is 5.98.